The van der Waals surface area contributed by atoms with Crippen LogP contribution in [0.1, 0.15) is 6.92 Å². The quantitative estimate of drug-likeness (QED) is 0.0653. The van der Waals surface area contributed by atoms with E-state index in [1.54, 1.807) is 48.5 Å². The Morgan fingerprint density at radius 1 is 0.974 bits per heavy atom. The standard InChI is InChI=1S/C24H24N8O5S.ClH/c1-14(33)28-17-6-8-19-21(12-17)30-22-13-18(32(34)35)7-9-20(22)23(19)29-15-2-4-16(5-3-15)31-38(36,37)11-10-27-24(25)26;/h2-9,12-13,31H,10-11H2,1H3,(H,28,33)(H,29,30)(H4,25,26,27);1H. The van der Waals surface area contributed by atoms with E-state index in [9.17, 15) is 23.3 Å². The summed E-state index contributed by atoms with van der Waals surface area (Å²) in [5.74, 6) is -0.717. The molecule has 0 unspecified atom stereocenters. The molecule has 0 aliphatic rings. The number of nitro benzene ring substituents is 1. The Morgan fingerprint density at radius 2 is 1.56 bits per heavy atom. The number of carbonyl (C=O) groups excluding carboxylic acids is 1. The average Bonchev–Trinajstić information content (AvgIpc) is 2.83. The molecule has 13 nitrogen and oxygen atoms in total. The minimum absolute atomic E-state index is 0. The van der Waals surface area contributed by atoms with E-state index in [1.165, 1.54) is 19.1 Å². The molecule has 0 aliphatic heterocycles. The van der Waals surface area contributed by atoms with E-state index in [2.05, 4.69) is 25.3 Å². The third-order valence-corrected chi connectivity index (χ3v) is 6.64. The minimum atomic E-state index is -3.67. The Bertz CT molecular complexity index is 1690. The first-order valence-corrected chi connectivity index (χ1v) is 12.9. The summed E-state index contributed by atoms with van der Waals surface area (Å²) in [6, 6.07) is 16.1. The number of halogens is 1. The number of nitrogens with one attached hydrogen (secondary N) is 3. The fraction of sp³-hybridized carbons (Fsp3) is 0.125. The number of fused-ring (bicyclic) bond motifs is 2. The number of aliphatic imine (C=N–C) groups is 1. The van der Waals surface area contributed by atoms with E-state index >= 15 is 0 Å². The van der Waals surface area contributed by atoms with Crippen molar-refractivity contribution >= 4 is 84.5 Å². The van der Waals surface area contributed by atoms with Crippen molar-refractivity contribution in [2.24, 2.45) is 16.5 Å². The van der Waals surface area contributed by atoms with Gasteiger partial charge in [0.2, 0.25) is 15.9 Å². The Balaban J connectivity index is 0.00000420. The van der Waals surface area contributed by atoms with Crippen molar-refractivity contribution in [1.82, 2.24) is 4.98 Å². The monoisotopic (exact) mass is 572 g/mol. The number of nitrogens with zero attached hydrogens (tertiary/aromatic N) is 3. The fourth-order valence-electron chi connectivity index (χ4n) is 3.76. The predicted molar refractivity (Wildman–Crippen MR) is 155 cm³/mol. The van der Waals surface area contributed by atoms with Crippen LogP contribution in [0.3, 0.4) is 0 Å². The van der Waals surface area contributed by atoms with Crippen molar-refractivity contribution in [3.05, 3.63) is 70.8 Å². The lowest BCUT2D eigenvalue weighted by Crippen LogP contribution is -2.25. The summed E-state index contributed by atoms with van der Waals surface area (Å²) in [5.41, 5.74) is 13.4. The molecule has 4 rings (SSSR count). The van der Waals surface area contributed by atoms with Gasteiger partial charge in [-0.25, -0.2) is 13.4 Å². The number of sulfonamides is 1. The lowest BCUT2D eigenvalue weighted by Gasteiger charge is -2.15. The maximum Gasteiger partial charge on any atom is 0.271 e. The molecule has 3 aromatic carbocycles. The molecule has 1 aromatic heterocycles. The zero-order valence-electron chi connectivity index (χ0n) is 20.5. The Hall–Kier alpha value is -4.69. The van der Waals surface area contributed by atoms with Gasteiger partial charge in [-0.15, -0.1) is 12.4 Å². The summed E-state index contributed by atoms with van der Waals surface area (Å²) in [7, 11) is -3.67. The van der Waals surface area contributed by atoms with E-state index in [0.717, 1.165) is 0 Å². The van der Waals surface area contributed by atoms with Crippen LogP contribution >= 0.6 is 12.4 Å². The average molecular weight is 573 g/mol. The van der Waals surface area contributed by atoms with Gasteiger partial charge >= 0.3 is 0 Å². The highest BCUT2D eigenvalue weighted by Crippen LogP contribution is 2.36. The molecular weight excluding hydrogens is 548 g/mol. The van der Waals surface area contributed by atoms with Crippen LogP contribution in [0.4, 0.5) is 28.4 Å². The number of hydrogen-bond donors (Lipinski definition) is 5. The summed E-state index contributed by atoms with van der Waals surface area (Å²) in [5, 5.41) is 18.7. The SMILES string of the molecule is CC(=O)Nc1ccc2c(Nc3ccc(NS(=O)(=O)CCN=C(N)N)cc3)c3ccc([N+](=O)[O-])cc3nc2c1.Cl. The highest BCUT2D eigenvalue weighted by atomic mass is 35.5. The molecule has 4 aromatic rings. The molecule has 7 N–H and O–H groups in total. The number of pyridine rings is 1. The van der Waals surface area contributed by atoms with Crippen LogP contribution in [0.25, 0.3) is 21.8 Å². The molecule has 0 spiro atoms. The highest BCUT2D eigenvalue weighted by Gasteiger charge is 2.15. The number of non-ortho nitro benzene ring substituents is 1. The zero-order chi connectivity index (χ0) is 27.4. The molecule has 1 amide bonds. The van der Waals surface area contributed by atoms with Crippen molar-refractivity contribution in [3.63, 3.8) is 0 Å². The van der Waals surface area contributed by atoms with Gasteiger partial charge in [0, 0.05) is 46.9 Å². The van der Waals surface area contributed by atoms with Crippen LogP contribution in [-0.4, -0.2) is 42.5 Å². The smallest absolute Gasteiger partial charge is 0.271 e. The van der Waals surface area contributed by atoms with Crippen LogP contribution in [0.2, 0.25) is 0 Å². The number of hydrogen-bond acceptors (Lipinski definition) is 8. The van der Waals surface area contributed by atoms with Crippen molar-refractivity contribution in [3.8, 4) is 0 Å². The number of guanidine groups is 1. The van der Waals surface area contributed by atoms with Crippen LogP contribution in [0.5, 0.6) is 0 Å². The van der Waals surface area contributed by atoms with E-state index in [0.29, 0.717) is 44.6 Å². The second-order valence-corrected chi connectivity index (χ2v) is 10.1. The largest absolute Gasteiger partial charge is 0.370 e. The summed E-state index contributed by atoms with van der Waals surface area (Å²) >= 11 is 0. The van der Waals surface area contributed by atoms with Gasteiger partial charge in [0.05, 0.1) is 33.9 Å². The molecule has 0 aliphatic carbocycles. The summed E-state index contributed by atoms with van der Waals surface area (Å²) in [6.45, 7) is 1.32. The molecule has 0 atom stereocenters. The van der Waals surface area contributed by atoms with Crippen molar-refractivity contribution in [1.29, 1.82) is 0 Å². The Morgan fingerprint density at radius 3 is 2.18 bits per heavy atom. The number of nitro groups is 1. The van der Waals surface area contributed by atoms with Crippen LogP contribution < -0.4 is 26.8 Å². The van der Waals surface area contributed by atoms with Crippen LogP contribution in [0, 0.1) is 10.1 Å². The Labute approximate surface area is 229 Å². The maximum absolute atomic E-state index is 12.3. The van der Waals surface area contributed by atoms with E-state index in [-0.39, 0.29) is 42.3 Å². The first kappa shape index (κ1) is 28.9. The van der Waals surface area contributed by atoms with Gasteiger partial charge in [0.25, 0.3) is 5.69 Å². The summed E-state index contributed by atoms with van der Waals surface area (Å²) < 4.78 is 27.0. The molecule has 0 radical (unpaired) electrons. The number of nitrogens with two attached hydrogens (primary N) is 2. The third kappa shape index (κ3) is 7.21. The zero-order valence-corrected chi connectivity index (χ0v) is 22.2. The number of amides is 1. The van der Waals surface area contributed by atoms with Gasteiger partial charge in [-0.3, -0.25) is 24.6 Å². The maximum atomic E-state index is 12.3. The first-order valence-electron chi connectivity index (χ1n) is 11.2. The van der Waals surface area contributed by atoms with Gasteiger partial charge in [-0.05, 0) is 48.5 Å². The number of benzene rings is 3. The van der Waals surface area contributed by atoms with Gasteiger partial charge in [0.1, 0.15) is 0 Å². The van der Waals surface area contributed by atoms with Gasteiger partial charge < -0.3 is 22.1 Å². The second-order valence-electron chi connectivity index (χ2n) is 8.29. The first-order chi connectivity index (χ1) is 18.0. The normalized spacial score (nSPS) is 10.9. The Kier molecular flexibility index (Phi) is 8.73. The molecule has 0 saturated heterocycles. The summed E-state index contributed by atoms with van der Waals surface area (Å²) in [6.07, 6.45) is 0. The minimum Gasteiger partial charge on any atom is -0.370 e. The molecule has 0 bridgehead atoms. The highest BCUT2D eigenvalue weighted by molar-refractivity contribution is 7.92. The molecule has 39 heavy (non-hydrogen) atoms. The second kappa shape index (κ2) is 11.8. The third-order valence-electron chi connectivity index (χ3n) is 5.37. The molecule has 0 fully saturated rings. The van der Waals surface area contributed by atoms with Crippen LogP contribution in [0.15, 0.2) is 65.7 Å². The molecule has 0 saturated carbocycles. The molecular formula is C24H25ClN8O5S. The van der Waals surface area contributed by atoms with E-state index in [1.807, 2.05) is 0 Å². The molecule has 204 valence electrons. The number of aromatic nitrogens is 1. The lowest BCUT2D eigenvalue weighted by atomic mass is 10.1. The number of anilines is 4. The summed E-state index contributed by atoms with van der Waals surface area (Å²) in [4.78, 5) is 30.6. The molecule has 1 heterocycles. The van der Waals surface area contributed by atoms with Crippen molar-refractivity contribution in [2.45, 2.75) is 6.92 Å². The van der Waals surface area contributed by atoms with Gasteiger partial charge in [-0.1, -0.05) is 0 Å². The topological polar surface area (TPSA) is 208 Å². The van der Waals surface area contributed by atoms with E-state index < -0.39 is 14.9 Å². The van der Waals surface area contributed by atoms with Gasteiger partial charge in [-0.2, -0.15) is 0 Å². The number of carbonyl (C=O) groups is 1. The lowest BCUT2D eigenvalue weighted by molar-refractivity contribution is -0.384. The van der Waals surface area contributed by atoms with E-state index in [4.69, 9.17) is 11.5 Å². The fourth-order valence-corrected chi connectivity index (χ4v) is 4.68. The molecule has 15 heteroatoms. The van der Waals surface area contributed by atoms with Gasteiger partial charge in [0.15, 0.2) is 5.96 Å². The predicted octanol–water partition coefficient (Wildman–Crippen LogP) is 3.44. The van der Waals surface area contributed by atoms with Crippen LogP contribution in [-0.2, 0) is 14.8 Å². The number of rotatable bonds is 9. The van der Waals surface area contributed by atoms with Crippen molar-refractivity contribution in [2.75, 3.05) is 27.7 Å². The van der Waals surface area contributed by atoms with Crippen molar-refractivity contribution < 1.29 is 18.1 Å².